The second-order valence-corrected chi connectivity index (χ2v) is 9.41. The van der Waals surface area contributed by atoms with E-state index in [1.807, 2.05) is 18.2 Å². The van der Waals surface area contributed by atoms with E-state index in [1.54, 1.807) is 0 Å². The monoisotopic (exact) mass is 315 g/mol. The summed E-state index contributed by atoms with van der Waals surface area (Å²) in [4.78, 5) is 0. The first-order valence-corrected chi connectivity index (χ1v) is 10.2. The van der Waals surface area contributed by atoms with Gasteiger partial charge in [0.1, 0.15) is 9.84 Å². The van der Waals surface area contributed by atoms with E-state index in [4.69, 9.17) is 5.73 Å². The van der Waals surface area contributed by atoms with Crippen molar-refractivity contribution >= 4 is 20.6 Å². The van der Waals surface area contributed by atoms with Crippen molar-refractivity contribution in [2.45, 2.75) is 30.6 Å². The van der Waals surface area contributed by atoms with E-state index in [-0.39, 0.29) is 22.8 Å². The van der Waals surface area contributed by atoms with E-state index in [0.717, 1.165) is 24.8 Å². The quantitative estimate of drug-likeness (QED) is 0.847. The summed E-state index contributed by atoms with van der Waals surface area (Å²) in [5, 5.41) is -0.152. The minimum atomic E-state index is -3.08. The number of nitrogens with two attached hydrogens (primary N) is 1. The number of hydrogen-bond acceptors (Lipinski definition) is 4. The molecule has 6 heteroatoms. The Morgan fingerprint density at radius 3 is 2.75 bits per heavy atom. The lowest BCUT2D eigenvalue weighted by molar-refractivity contribution is 0.593. The van der Waals surface area contributed by atoms with Crippen LogP contribution in [0.3, 0.4) is 0 Å². The molecule has 1 aromatic carbocycles. The number of benzene rings is 1. The molecule has 3 unspecified atom stereocenters. The summed E-state index contributed by atoms with van der Waals surface area (Å²) in [5.41, 5.74) is 8.57. The summed E-state index contributed by atoms with van der Waals surface area (Å²) >= 11 is 0. The fourth-order valence-electron chi connectivity index (χ4n) is 2.64. The van der Waals surface area contributed by atoms with Crippen LogP contribution in [0.15, 0.2) is 24.3 Å². The maximum Gasteiger partial charge on any atom is 0.148 e. The van der Waals surface area contributed by atoms with Crippen molar-refractivity contribution in [2.75, 3.05) is 17.8 Å². The third-order valence-corrected chi connectivity index (χ3v) is 6.76. The molecule has 0 aromatic heterocycles. The van der Waals surface area contributed by atoms with Crippen LogP contribution in [0.25, 0.3) is 0 Å². The maximum atomic E-state index is 12.4. The zero-order valence-corrected chi connectivity index (χ0v) is 13.3. The summed E-state index contributed by atoms with van der Waals surface area (Å²) in [6, 6.07) is 7.73. The normalized spacial score (nSPS) is 24.7. The van der Waals surface area contributed by atoms with Crippen molar-refractivity contribution in [1.29, 1.82) is 0 Å². The van der Waals surface area contributed by atoms with E-state index >= 15 is 0 Å². The maximum absolute atomic E-state index is 12.4. The van der Waals surface area contributed by atoms with Gasteiger partial charge in [-0.25, -0.2) is 8.42 Å². The minimum absolute atomic E-state index is 0.0372. The van der Waals surface area contributed by atoms with Gasteiger partial charge in [-0.15, -0.1) is 0 Å². The molecular formula is C14H21NO3S2. The summed E-state index contributed by atoms with van der Waals surface area (Å²) in [6.07, 6.45) is 3.85. The summed E-state index contributed by atoms with van der Waals surface area (Å²) in [6.45, 7) is 0. The van der Waals surface area contributed by atoms with Crippen LogP contribution in [0.4, 0.5) is 0 Å². The van der Waals surface area contributed by atoms with Gasteiger partial charge in [-0.2, -0.15) is 0 Å². The first-order chi connectivity index (χ1) is 9.38. The Bertz CT molecular complexity index is 598. The van der Waals surface area contributed by atoms with Crippen LogP contribution in [0, 0.1) is 0 Å². The molecule has 2 rings (SSSR count). The van der Waals surface area contributed by atoms with Crippen LogP contribution >= 0.6 is 0 Å². The predicted molar refractivity (Wildman–Crippen MR) is 82.8 cm³/mol. The smallest absolute Gasteiger partial charge is 0.148 e. The van der Waals surface area contributed by atoms with E-state index < -0.39 is 20.6 Å². The summed E-state index contributed by atoms with van der Waals surface area (Å²) in [5.74, 6) is 0.143. The third kappa shape index (κ3) is 3.90. The van der Waals surface area contributed by atoms with Gasteiger partial charge in [-0.1, -0.05) is 24.3 Å². The molecule has 112 valence electrons. The number of rotatable bonds is 4. The first kappa shape index (κ1) is 15.7. The number of sulfone groups is 1. The van der Waals surface area contributed by atoms with Crippen LogP contribution in [0.2, 0.25) is 0 Å². The molecule has 0 bridgehead atoms. The van der Waals surface area contributed by atoms with Crippen LogP contribution in [0.5, 0.6) is 0 Å². The van der Waals surface area contributed by atoms with Crippen molar-refractivity contribution in [1.82, 2.24) is 0 Å². The van der Waals surface area contributed by atoms with Gasteiger partial charge in [0.25, 0.3) is 0 Å². The van der Waals surface area contributed by atoms with E-state index in [0.29, 0.717) is 0 Å². The predicted octanol–water partition coefficient (Wildman–Crippen LogP) is 1.18. The van der Waals surface area contributed by atoms with Gasteiger partial charge in [-0.3, -0.25) is 4.21 Å². The molecule has 2 N–H and O–H groups in total. The number of aryl methyl sites for hydroxylation is 1. The molecule has 1 aliphatic carbocycles. The van der Waals surface area contributed by atoms with Crippen LogP contribution < -0.4 is 5.73 Å². The average Bonchev–Trinajstić information content (AvgIpc) is 2.55. The molecule has 0 spiro atoms. The lowest BCUT2D eigenvalue weighted by Crippen LogP contribution is -2.32. The first-order valence-electron chi connectivity index (χ1n) is 6.77. The zero-order valence-electron chi connectivity index (χ0n) is 11.6. The molecule has 0 saturated carbocycles. The SMILES string of the molecule is CS(=O)(=O)CCS(=O)C1CCCc2ccccc2C1N. The lowest BCUT2D eigenvalue weighted by atomic mass is 10.00. The second-order valence-electron chi connectivity index (χ2n) is 5.37. The molecule has 0 radical (unpaired) electrons. The molecule has 4 nitrogen and oxygen atoms in total. The molecule has 1 aromatic rings. The average molecular weight is 315 g/mol. The molecular weight excluding hydrogens is 294 g/mol. The Kier molecular flexibility index (Phi) is 4.99. The van der Waals surface area contributed by atoms with E-state index in [9.17, 15) is 12.6 Å². The van der Waals surface area contributed by atoms with Gasteiger partial charge >= 0.3 is 0 Å². The highest BCUT2D eigenvalue weighted by molar-refractivity contribution is 7.92. The fourth-order valence-corrected chi connectivity index (χ4v) is 5.71. The van der Waals surface area contributed by atoms with Crippen molar-refractivity contribution in [3.05, 3.63) is 35.4 Å². The van der Waals surface area contributed by atoms with Crippen molar-refractivity contribution in [3.63, 3.8) is 0 Å². The van der Waals surface area contributed by atoms with Crippen molar-refractivity contribution in [2.24, 2.45) is 5.73 Å². The van der Waals surface area contributed by atoms with Gasteiger partial charge in [0, 0.05) is 28.9 Å². The Hall–Kier alpha value is -0.720. The molecule has 20 heavy (non-hydrogen) atoms. The van der Waals surface area contributed by atoms with Gasteiger partial charge in [-0.05, 0) is 30.4 Å². The van der Waals surface area contributed by atoms with Crippen molar-refractivity contribution in [3.8, 4) is 0 Å². The van der Waals surface area contributed by atoms with Gasteiger partial charge < -0.3 is 5.73 Å². The Labute approximate surface area is 123 Å². The van der Waals surface area contributed by atoms with Gasteiger partial charge in [0.05, 0.1) is 11.0 Å². The van der Waals surface area contributed by atoms with Crippen LogP contribution in [-0.4, -0.2) is 35.6 Å². The number of fused-ring (bicyclic) bond motifs is 1. The lowest BCUT2D eigenvalue weighted by Gasteiger charge is -2.22. The highest BCUT2D eigenvalue weighted by atomic mass is 32.2. The molecule has 0 fully saturated rings. The van der Waals surface area contributed by atoms with Gasteiger partial charge in [0.2, 0.25) is 0 Å². The Morgan fingerprint density at radius 2 is 2.05 bits per heavy atom. The van der Waals surface area contributed by atoms with Crippen LogP contribution in [0.1, 0.15) is 30.0 Å². The highest BCUT2D eigenvalue weighted by Gasteiger charge is 2.29. The Balaban J connectivity index is 2.15. The summed E-state index contributed by atoms with van der Waals surface area (Å²) in [7, 11) is -4.28. The largest absolute Gasteiger partial charge is 0.323 e. The molecule has 0 saturated heterocycles. The minimum Gasteiger partial charge on any atom is -0.323 e. The number of hydrogen-bond donors (Lipinski definition) is 1. The molecule has 0 heterocycles. The van der Waals surface area contributed by atoms with E-state index in [1.165, 1.54) is 11.8 Å². The van der Waals surface area contributed by atoms with Crippen molar-refractivity contribution < 1.29 is 12.6 Å². The van der Waals surface area contributed by atoms with Crippen LogP contribution in [-0.2, 0) is 27.1 Å². The standard InChI is InChI=1S/C14H21NO3S2/c1-20(17,18)10-9-19(16)13-8-4-6-11-5-2-3-7-12(11)14(13)15/h2-3,5,7,13-14H,4,6,8-10,15H2,1H3. The molecule has 3 atom stereocenters. The Morgan fingerprint density at radius 1 is 1.35 bits per heavy atom. The third-order valence-electron chi connectivity index (χ3n) is 3.74. The van der Waals surface area contributed by atoms with Gasteiger partial charge in [0.15, 0.2) is 0 Å². The fraction of sp³-hybridized carbons (Fsp3) is 0.571. The molecule has 0 amide bonds. The second kappa shape index (κ2) is 6.37. The topological polar surface area (TPSA) is 77.2 Å². The molecule has 1 aliphatic rings. The summed E-state index contributed by atoms with van der Waals surface area (Å²) < 4.78 is 34.8. The zero-order chi connectivity index (χ0) is 14.8. The highest BCUT2D eigenvalue weighted by Crippen LogP contribution is 2.30. The molecule has 0 aliphatic heterocycles. The van der Waals surface area contributed by atoms with E-state index in [2.05, 4.69) is 6.07 Å².